The van der Waals surface area contributed by atoms with E-state index < -0.39 is 0 Å². The van der Waals surface area contributed by atoms with Gasteiger partial charge in [0.1, 0.15) is 0 Å². The Morgan fingerprint density at radius 3 is 1.90 bits per heavy atom. The van der Waals surface area contributed by atoms with Crippen molar-refractivity contribution in [2.45, 2.75) is 132 Å². The molecule has 8 unspecified atom stereocenters. The molecule has 0 spiro atoms. The van der Waals surface area contributed by atoms with E-state index in [2.05, 4.69) is 11.8 Å². The third kappa shape index (κ3) is 4.51. The number of nitrogens with two attached hydrogens (primary N) is 2. The summed E-state index contributed by atoms with van der Waals surface area (Å²) in [5.41, 5.74) is 13.7. The number of hydrogen-bond donors (Lipinski definition) is 2. The van der Waals surface area contributed by atoms with E-state index in [1.54, 1.807) is 0 Å². The molecule has 4 aliphatic carbocycles. The van der Waals surface area contributed by atoms with Crippen molar-refractivity contribution in [1.29, 1.82) is 0 Å². The summed E-state index contributed by atoms with van der Waals surface area (Å²) < 4.78 is 0. The highest BCUT2D eigenvalue weighted by atomic mass is 32.2. The molecule has 0 aromatic rings. The average Bonchev–Trinajstić information content (AvgIpc) is 3.19. The van der Waals surface area contributed by atoms with E-state index in [0.29, 0.717) is 12.1 Å². The molecule has 0 amide bonds. The zero-order valence-corrected chi connectivity index (χ0v) is 20.2. The summed E-state index contributed by atoms with van der Waals surface area (Å²) in [6.45, 7) is 0. The van der Waals surface area contributed by atoms with Crippen molar-refractivity contribution >= 4 is 11.8 Å². The normalized spacial score (nSPS) is 43.0. The van der Waals surface area contributed by atoms with Crippen LogP contribution in [0.4, 0.5) is 0 Å². The topological polar surface area (TPSA) is 52.0 Å². The molecule has 5 fully saturated rings. The third-order valence-corrected chi connectivity index (χ3v) is 12.3. The highest BCUT2D eigenvalue weighted by Gasteiger charge is 2.53. The minimum Gasteiger partial charge on any atom is -0.327 e. The van der Waals surface area contributed by atoms with Gasteiger partial charge in [0.2, 0.25) is 0 Å². The molecule has 8 atom stereocenters. The Morgan fingerprint density at radius 2 is 1.17 bits per heavy atom. The van der Waals surface area contributed by atoms with Crippen molar-refractivity contribution in [2.75, 3.05) is 0 Å². The van der Waals surface area contributed by atoms with Crippen LogP contribution in [-0.4, -0.2) is 22.6 Å². The molecule has 172 valence electrons. The predicted molar refractivity (Wildman–Crippen MR) is 131 cm³/mol. The largest absolute Gasteiger partial charge is 0.327 e. The molecule has 5 aliphatic rings. The Labute approximate surface area is 190 Å². The fraction of sp³-hybridized carbons (Fsp3) is 1.00. The lowest BCUT2D eigenvalue weighted by Gasteiger charge is -2.42. The SMILES string of the molecule is NC(CC(N)C1CCCC2C3CCCC(C4CCCCC4)C3SC12)C1CCCCC1. The van der Waals surface area contributed by atoms with Crippen molar-refractivity contribution in [3.8, 4) is 0 Å². The van der Waals surface area contributed by atoms with E-state index in [9.17, 15) is 0 Å². The van der Waals surface area contributed by atoms with Crippen molar-refractivity contribution in [3.05, 3.63) is 0 Å². The van der Waals surface area contributed by atoms with E-state index in [-0.39, 0.29) is 0 Å². The predicted octanol–water partition coefficient (Wildman–Crippen LogP) is 6.51. The lowest BCUT2D eigenvalue weighted by atomic mass is 9.63. The second kappa shape index (κ2) is 10.0. The van der Waals surface area contributed by atoms with Crippen LogP contribution >= 0.6 is 11.8 Å². The first-order valence-electron chi connectivity index (χ1n) is 13.9. The number of thioether (sulfide) groups is 1. The lowest BCUT2D eigenvalue weighted by Crippen LogP contribution is -2.46. The first-order valence-corrected chi connectivity index (χ1v) is 14.8. The molecule has 1 heterocycles. The summed E-state index contributed by atoms with van der Waals surface area (Å²) >= 11 is 2.46. The van der Waals surface area contributed by atoms with Crippen LogP contribution in [0, 0.1) is 35.5 Å². The summed E-state index contributed by atoms with van der Waals surface area (Å²) in [5, 5.41) is 1.82. The average molecular weight is 433 g/mol. The van der Waals surface area contributed by atoms with Crippen LogP contribution in [-0.2, 0) is 0 Å². The molecule has 0 aromatic carbocycles. The number of fused-ring (bicyclic) bond motifs is 3. The van der Waals surface area contributed by atoms with Gasteiger partial charge in [0.15, 0.2) is 0 Å². The van der Waals surface area contributed by atoms with Crippen LogP contribution < -0.4 is 11.5 Å². The second-order valence-corrected chi connectivity index (χ2v) is 13.3. The minimum absolute atomic E-state index is 0.343. The van der Waals surface area contributed by atoms with Crippen LogP contribution in [0.15, 0.2) is 0 Å². The molecule has 0 aromatic heterocycles. The molecule has 4 N–H and O–H groups in total. The van der Waals surface area contributed by atoms with E-state index >= 15 is 0 Å². The maximum absolute atomic E-state index is 6.99. The molecule has 30 heavy (non-hydrogen) atoms. The van der Waals surface area contributed by atoms with Crippen LogP contribution in [0.3, 0.4) is 0 Å². The molecule has 0 bridgehead atoms. The van der Waals surface area contributed by atoms with Gasteiger partial charge in [-0.1, -0.05) is 64.2 Å². The Balaban J connectivity index is 1.25. The third-order valence-electron chi connectivity index (χ3n) is 10.3. The maximum atomic E-state index is 6.99. The molecule has 2 nitrogen and oxygen atoms in total. The molecule has 4 saturated carbocycles. The van der Waals surface area contributed by atoms with E-state index in [1.165, 1.54) is 103 Å². The van der Waals surface area contributed by atoms with Crippen LogP contribution in [0.25, 0.3) is 0 Å². The molecule has 1 saturated heterocycles. The van der Waals surface area contributed by atoms with Gasteiger partial charge < -0.3 is 11.5 Å². The van der Waals surface area contributed by atoms with Gasteiger partial charge >= 0.3 is 0 Å². The van der Waals surface area contributed by atoms with E-state index in [1.807, 2.05) is 0 Å². The van der Waals surface area contributed by atoms with Gasteiger partial charge in [0.05, 0.1) is 0 Å². The maximum Gasteiger partial charge on any atom is 0.0124 e. The number of rotatable bonds is 5. The quantitative estimate of drug-likeness (QED) is 0.521. The Morgan fingerprint density at radius 1 is 0.567 bits per heavy atom. The summed E-state index contributed by atoms with van der Waals surface area (Å²) in [4.78, 5) is 0. The Kier molecular flexibility index (Phi) is 7.39. The highest BCUT2D eigenvalue weighted by Crippen LogP contribution is 2.60. The van der Waals surface area contributed by atoms with Crippen molar-refractivity contribution < 1.29 is 0 Å². The standard InChI is InChI=1S/C27H48N2S/c28-24(19-11-5-2-6-12-19)17-25(29)23-16-8-15-22-21-14-7-13-20(26(21)30-27(22)23)18-9-3-1-4-10-18/h18-27H,1-17,28-29H2. The molecule has 5 rings (SSSR count). The molecule has 3 heteroatoms. The monoisotopic (exact) mass is 432 g/mol. The molecule has 0 radical (unpaired) electrons. The highest BCUT2D eigenvalue weighted by molar-refractivity contribution is 8.00. The summed E-state index contributed by atoms with van der Waals surface area (Å²) in [6.07, 6.45) is 24.4. The van der Waals surface area contributed by atoms with Crippen molar-refractivity contribution in [1.82, 2.24) is 0 Å². The first kappa shape index (κ1) is 22.1. The van der Waals surface area contributed by atoms with Gasteiger partial charge in [-0.05, 0) is 80.5 Å². The fourth-order valence-electron chi connectivity index (χ4n) is 8.74. The second-order valence-electron chi connectivity index (χ2n) is 11.9. The summed E-state index contributed by atoms with van der Waals surface area (Å²) in [5.74, 6) is 5.55. The van der Waals surface area contributed by atoms with Crippen LogP contribution in [0.5, 0.6) is 0 Å². The van der Waals surface area contributed by atoms with Gasteiger partial charge in [-0.3, -0.25) is 0 Å². The van der Waals surface area contributed by atoms with E-state index in [0.717, 1.165) is 52.4 Å². The minimum atomic E-state index is 0.343. The van der Waals surface area contributed by atoms with Gasteiger partial charge in [-0.2, -0.15) is 11.8 Å². The van der Waals surface area contributed by atoms with Crippen molar-refractivity contribution in [2.24, 2.45) is 47.0 Å². The molecular formula is C27H48N2S. The van der Waals surface area contributed by atoms with Crippen LogP contribution in [0.1, 0.15) is 109 Å². The van der Waals surface area contributed by atoms with Gasteiger partial charge in [0, 0.05) is 22.6 Å². The zero-order chi connectivity index (χ0) is 20.5. The van der Waals surface area contributed by atoms with Crippen LogP contribution in [0.2, 0.25) is 0 Å². The number of hydrogen-bond acceptors (Lipinski definition) is 3. The Hall–Kier alpha value is 0.270. The zero-order valence-electron chi connectivity index (χ0n) is 19.4. The smallest absolute Gasteiger partial charge is 0.0124 e. The summed E-state index contributed by atoms with van der Waals surface area (Å²) in [7, 11) is 0. The molecular weight excluding hydrogens is 384 g/mol. The first-order chi connectivity index (χ1) is 14.7. The molecule has 1 aliphatic heterocycles. The van der Waals surface area contributed by atoms with E-state index in [4.69, 9.17) is 11.5 Å². The fourth-order valence-corrected chi connectivity index (χ4v) is 11.3. The van der Waals surface area contributed by atoms with Gasteiger partial charge in [-0.25, -0.2) is 0 Å². The lowest BCUT2D eigenvalue weighted by molar-refractivity contribution is 0.120. The van der Waals surface area contributed by atoms with Gasteiger partial charge in [-0.15, -0.1) is 0 Å². The summed E-state index contributed by atoms with van der Waals surface area (Å²) in [6, 6.07) is 0.694. The Bertz CT molecular complexity index is 541. The van der Waals surface area contributed by atoms with Crippen molar-refractivity contribution in [3.63, 3.8) is 0 Å². The van der Waals surface area contributed by atoms with Gasteiger partial charge in [0.25, 0.3) is 0 Å².